The van der Waals surface area contributed by atoms with Crippen molar-refractivity contribution in [1.29, 1.82) is 0 Å². The van der Waals surface area contributed by atoms with Crippen LogP contribution in [0, 0.1) is 15.9 Å². The monoisotopic (exact) mass is 314 g/mol. The zero-order valence-corrected chi connectivity index (χ0v) is 11.6. The van der Waals surface area contributed by atoms with Crippen molar-refractivity contribution in [1.82, 2.24) is 0 Å². The molecule has 20 heavy (non-hydrogen) atoms. The molecule has 2 aromatic rings. The van der Waals surface area contributed by atoms with E-state index >= 15 is 0 Å². The van der Waals surface area contributed by atoms with Gasteiger partial charge < -0.3 is 5.32 Å². The number of benzene rings is 2. The summed E-state index contributed by atoms with van der Waals surface area (Å²) in [4.78, 5) is 10.4. The lowest BCUT2D eigenvalue weighted by molar-refractivity contribution is -0.385. The van der Waals surface area contributed by atoms with Crippen molar-refractivity contribution >= 4 is 34.6 Å². The molecule has 2 aromatic carbocycles. The minimum absolute atomic E-state index is 0.0607. The van der Waals surface area contributed by atoms with Crippen LogP contribution in [0.4, 0.5) is 15.8 Å². The molecule has 0 amide bonds. The van der Waals surface area contributed by atoms with E-state index in [9.17, 15) is 14.5 Å². The summed E-state index contributed by atoms with van der Waals surface area (Å²) >= 11 is 11.7. The van der Waals surface area contributed by atoms with E-state index in [2.05, 4.69) is 5.32 Å². The first-order valence-electron chi connectivity index (χ1n) is 5.59. The molecule has 0 saturated carbocycles. The van der Waals surface area contributed by atoms with Gasteiger partial charge in [0.1, 0.15) is 5.82 Å². The number of nitrogens with one attached hydrogen (secondary N) is 1. The fourth-order valence-corrected chi connectivity index (χ4v) is 2.08. The maximum Gasteiger partial charge on any atom is 0.274 e. The Balaban J connectivity index is 2.24. The molecule has 0 bridgehead atoms. The van der Waals surface area contributed by atoms with Gasteiger partial charge in [0.15, 0.2) is 0 Å². The van der Waals surface area contributed by atoms with Crippen LogP contribution in [-0.2, 0) is 6.54 Å². The molecule has 0 fully saturated rings. The number of nitrogens with zero attached hydrogens (tertiary/aromatic N) is 1. The van der Waals surface area contributed by atoms with Gasteiger partial charge in [-0.2, -0.15) is 0 Å². The normalized spacial score (nSPS) is 10.3. The SMILES string of the molecule is O=[N+]([O-])c1ccc(Cl)cc1CNc1cc(F)ccc1Cl. The number of hydrogen-bond donors (Lipinski definition) is 1. The number of nitro benzene ring substituents is 1. The van der Waals surface area contributed by atoms with Gasteiger partial charge in [0.2, 0.25) is 0 Å². The molecule has 0 aliphatic carbocycles. The molecule has 0 atom stereocenters. The van der Waals surface area contributed by atoms with Gasteiger partial charge in [0.05, 0.1) is 21.2 Å². The zero-order chi connectivity index (χ0) is 14.7. The molecule has 0 radical (unpaired) electrons. The van der Waals surface area contributed by atoms with Crippen molar-refractivity contribution in [3.63, 3.8) is 0 Å². The molecule has 0 saturated heterocycles. The van der Waals surface area contributed by atoms with Gasteiger partial charge in [0, 0.05) is 17.6 Å². The molecule has 7 heteroatoms. The van der Waals surface area contributed by atoms with E-state index in [0.717, 1.165) is 0 Å². The van der Waals surface area contributed by atoms with Crippen LogP contribution in [0.25, 0.3) is 0 Å². The second-order valence-corrected chi connectivity index (χ2v) is 4.85. The van der Waals surface area contributed by atoms with Crippen LogP contribution in [0.15, 0.2) is 36.4 Å². The number of nitro groups is 1. The molecule has 0 heterocycles. The van der Waals surface area contributed by atoms with Gasteiger partial charge in [-0.3, -0.25) is 10.1 Å². The van der Waals surface area contributed by atoms with Crippen molar-refractivity contribution < 1.29 is 9.31 Å². The van der Waals surface area contributed by atoms with E-state index in [1.807, 2.05) is 0 Å². The second-order valence-electron chi connectivity index (χ2n) is 4.01. The standard InChI is InChI=1S/C13H9Cl2FN2O2/c14-9-1-4-13(18(19)20)8(5-9)7-17-12-6-10(16)2-3-11(12)15/h1-6,17H,7H2. The van der Waals surface area contributed by atoms with Crippen molar-refractivity contribution in [2.45, 2.75) is 6.54 Å². The van der Waals surface area contributed by atoms with Gasteiger partial charge in [-0.25, -0.2) is 4.39 Å². The second kappa shape index (κ2) is 6.07. The minimum atomic E-state index is -0.499. The van der Waals surface area contributed by atoms with Gasteiger partial charge in [0.25, 0.3) is 5.69 Å². The largest absolute Gasteiger partial charge is 0.379 e. The Morgan fingerprint density at radius 1 is 1.20 bits per heavy atom. The highest BCUT2D eigenvalue weighted by molar-refractivity contribution is 6.33. The van der Waals surface area contributed by atoms with Gasteiger partial charge in [-0.05, 0) is 30.3 Å². The lowest BCUT2D eigenvalue weighted by Crippen LogP contribution is -2.04. The summed E-state index contributed by atoms with van der Waals surface area (Å²) in [6.45, 7) is 0.111. The van der Waals surface area contributed by atoms with Crippen LogP contribution in [0.1, 0.15) is 5.56 Å². The predicted molar refractivity (Wildman–Crippen MR) is 76.8 cm³/mol. The summed E-state index contributed by atoms with van der Waals surface area (Å²) in [7, 11) is 0. The van der Waals surface area contributed by atoms with E-state index in [1.54, 1.807) is 0 Å². The third-order valence-electron chi connectivity index (χ3n) is 2.64. The summed E-state index contributed by atoms with van der Waals surface area (Å²) in [5.41, 5.74) is 0.693. The highest BCUT2D eigenvalue weighted by atomic mass is 35.5. The summed E-state index contributed by atoms with van der Waals surface area (Å²) in [6, 6.07) is 8.12. The fraction of sp³-hybridized carbons (Fsp3) is 0.0769. The van der Waals surface area contributed by atoms with Gasteiger partial charge in [-0.15, -0.1) is 0 Å². The minimum Gasteiger partial charge on any atom is -0.379 e. The van der Waals surface area contributed by atoms with E-state index in [0.29, 0.717) is 21.3 Å². The summed E-state index contributed by atoms with van der Waals surface area (Å²) in [5.74, 6) is -0.447. The maximum absolute atomic E-state index is 13.1. The quantitative estimate of drug-likeness (QED) is 0.660. The highest BCUT2D eigenvalue weighted by Crippen LogP contribution is 2.26. The Kier molecular flexibility index (Phi) is 4.42. The van der Waals surface area contributed by atoms with E-state index in [1.165, 1.54) is 36.4 Å². The molecular formula is C13H9Cl2FN2O2. The molecule has 0 aromatic heterocycles. The average molecular weight is 315 g/mol. The van der Waals surface area contributed by atoms with Gasteiger partial charge in [-0.1, -0.05) is 23.2 Å². The number of halogens is 3. The maximum atomic E-state index is 13.1. The van der Waals surface area contributed by atoms with Crippen LogP contribution in [0.5, 0.6) is 0 Å². The third kappa shape index (κ3) is 3.37. The molecule has 0 aliphatic rings. The number of anilines is 1. The van der Waals surface area contributed by atoms with Crippen LogP contribution in [-0.4, -0.2) is 4.92 Å². The fourth-order valence-electron chi connectivity index (χ4n) is 1.70. The van der Waals surface area contributed by atoms with E-state index in [-0.39, 0.29) is 12.2 Å². The first kappa shape index (κ1) is 14.6. The average Bonchev–Trinajstić information content (AvgIpc) is 2.39. The molecule has 104 valence electrons. The van der Waals surface area contributed by atoms with Crippen LogP contribution < -0.4 is 5.32 Å². The Labute approximate surface area is 124 Å². The summed E-state index contributed by atoms with van der Waals surface area (Å²) < 4.78 is 13.1. The van der Waals surface area contributed by atoms with Crippen LogP contribution >= 0.6 is 23.2 Å². The first-order valence-corrected chi connectivity index (χ1v) is 6.34. The number of rotatable bonds is 4. The predicted octanol–water partition coefficient (Wildman–Crippen LogP) is 4.65. The topological polar surface area (TPSA) is 55.2 Å². The van der Waals surface area contributed by atoms with E-state index < -0.39 is 10.7 Å². The van der Waals surface area contributed by atoms with Gasteiger partial charge >= 0.3 is 0 Å². The smallest absolute Gasteiger partial charge is 0.274 e. The molecule has 2 rings (SSSR count). The van der Waals surface area contributed by atoms with Crippen molar-refractivity contribution in [2.75, 3.05) is 5.32 Å². The molecule has 4 nitrogen and oxygen atoms in total. The Morgan fingerprint density at radius 2 is 1.95 bits per heavy atom. The Morgan fingerprint density at radius 3 is 2.65 bits per heavy atom. The number of hydrogen-bond acceptors (Lipinski definition) is 3. The van der Waals surface area contributed by atoms with Crippen LogP contribution in [0.3, 0.4) is 0 Å². The van der Waals surface area contributed by atoms with Crippen molar-refractivity contribution in [3.05, 3.63) is 67.9 Å². The summed E-state index contributed by atoms with van der Waals surface area (Å²) in [5, 5.41) is 14.5. The molecular weight excluding hydrogens is 306 g/mol. The van der Waals surface area contributed by atoms with Crippen molar-refractivity contribution in [2.24, 2.45) is 0 Å². The third-order valence-corrected chi connectivity index (χ3v) is 3.20. The molecule has 0 spiro atoms. The van der Waals surface area contributed by atoms with Crippen molar-refractivity contribution in [3.8, 4) is 0 Å². The Bertz CT molecular complexity index is 665. The molecule has 1 N–H and O–H groups in total. The lowest BCUT2D eigenvalue weighted by Gasteiger charge is -2.09. The Hall–Kier alpha value is -1.85. The zero-order valence-electron chi connectivity index (χ0n) is 10.1. The molecule has 0 unspecified atom stereocenters. The van der Waals surface area contributed by atoms with E-state index in [4.69, 9.17) is 23.2 Å². The lowest BCUT2D eigenvalue weighted by atomic mass is 10.1. The van der Waals surface area contributed by atoms with Crippen LogP contribution in [0.2, 0.25) is 10.0 Å². The molecule has 0 aliphatic heterocycles. The first-order chi connectivity index (χ1) is 9.47. The summed E-state index contributed by atoms with van der Waals surface area (Å²) in [6.07, 6.45) is 0. The highest BCUT2D eigenvalue weighted by Gasteiger charge is 2.14.